The predicted octanol–water partition coefficient (Wildman–Crippen LogP) is 4.04. The lowest BCUT2D eigenvalue weighted by atomic mass is 9.94. The molecular weight excluding hydrogens is 370 g/mol. The lowest BCUT2D eigenvalue weighted by molar-refractivity contribution is -0.131. The second-order valence-corrected chi connectivity index (χ2v) is 12.5. The van der Waals surface area contributed by atoms with Crippen molar-refractivity contribution < 1.29 is 13.2 Å². The Kier molecular flexibility index (Phi) is 5.96. The average molecular weight is 406 g/mol. The highest BCUT2D eigenvalue weighted by atomic mass is 32.2. The van der Waals surface area contributed by atoms with E-state index in [2.05, 4.69) is 26.0 Å². The molecule has 1 aliphatic heterocycles. The fraction of sp³-hybridized carbons (Fsp3) is 0.696. The van der Waals surface area contributed by atoms with Crippen LogP contribution in [0.2, 0.25) is 0 Å². The van der Waals surface area contributed by atoms with Crippen LogP contribution in [-0.2, 0) is 27.5 Å². The van der Waals surface area contributed by atoms with E-state index in [1.807, 2.05) is 4.90 Å². The summed E-state index contributed by atoms with van der Waals surface area (Å²) in [4.78, 5) is 14.8. The number of carbonyl (C=O) groups excluding carboxylic acids is 1. The summed E-state index contributed by atoms with van der Waals surface area (Å²) in [6.07, 6.45) is 4.35. The van der Waals surface area contributed by atoms with Crippen LogP contribution in [-0.4, -0.2) is 42.8 Å². The lowest BCUT2D eigenvalue weighted by Crippen LogP contribution is -2.42. The first-order chi connectivity index (χ1) is 13.0. The molecule has 1 aromatic rings. The first-order valence-corrected chi connectivity index (χ1v) is 12.3. The molecule has 0 saturated carbocycles. The Morgan fingerprint density at radius 2 is 1.79 bits per heavy atom. The van der Waals surface area contributed by atoms with Gasteiger partial charge in [-0.15, -0.1) is 0 Å². The van der Waals surface area contributed by atoms with E-state index in [9.17, 15) is 13.2 Å². The number of amides is 1. The van der Waals surface area contributed by atoms with Crippen molar-refractivity contribution in [1.29, 1.82) is 0 Å². The number of nitrogens with zero attached hydrogens (tertiary/aromatic N) is 1. The van der Waals surface area contributed by atoms with Gasteiger partial charge in [-0.2, -0.15) is 0 Å². The van der Waals surface area contributed by atoms with Gasteiger partial charge in [0.2, 0.25) is 5.91 Å². The molecular formula is C23H35NO3S. The summed E-state index contributed by atoms with van der Waals surface area (Å²) < 4.78 is 24.2. The summed E-state index contributed by atoms with van der Waals surface area (Å²) in [6.45, 7) is 11.1. The molecule has 1 saturated heterocycles. The van der Waals surface area contributed by atoms with Gasteiger partial charge in [0, 0.05) is 13.1 Å². The maximum atomic E-state index is 12.8. The van der Waals surface area contributed by atoms with E-state index in [4.69, 9.17) is 0 Å². The molecule has 1 atom stereocenters. The monoisotopic (exact) mass is 405 g/mol. The van der Waals surface area contributed by atoms with E-state index in [-0.39, 0.29) is 17.6 Å². The van der Waals surface area contributed by atoms with E-state index < -0.39 is 14.6 Å². The van der Waals surface area contributed by atoms with Crippen molar-refractivity contribution in [1.82, 2.24) is 4.90 Å². The summed E-state index contributed by atoms with van der Waals surface area (Å²) in [5, 5.41) is 0. The fourth-order valence-electron chi connectivity index (χ4n) is 4.51. The van der Waals surface area contributed by atoms with Crippen molar-refractivity contribution >= 4 is 15.7 Å². The maximum Gasteiger partial charge on any atom is 0.226 e. The van der Waals surface area contributed by atoms with Crippen LogP contribution >= 0.6 is 0 Å². The quantitative estimate of drug-likeness (QED) is 0.760. The van der Waals surface area contributed by atoms with Gasteiger partial charge >= 0.3 is 0 Å². The Hall–Kier alpha value is -1.36. The van der Waals surface area contributed by atoms with Gasteiger partial charge in [-0.1, -0.05) is 19.1 Å². The average Bonchev–Trinajstić information content (AvgIpc) is 2.98. The standard InChI is InChI=1S/C23H35NO3S/c1-16-6-8-21-17(2)19(7-9-20(16)21)14-22(25)24-12-10-18(11-13-24)15-28(26,27)23(3,4)5/h7,9,16,18H,6,8,10-15H2,1-5H3. The molecule has 1 aliphatic carbocycles. The molecule has 3 rings (SSSR count). The van der Waals surface area contributed by atoms with Crippen LogP contribution in [0.1, 0.15) is 75.1 Å². The van der Waals surface area contributed by atoms with Crippen molar-refractivity contribution in [3.63, 3.8) is 0 Å². The molecule has 0 spiro atoms. The van der Waals surface area contributed by atoms with Gasteiger partial charge < -0.3 is 4.90 Å². The summed E-state index contributed by atoms with van der Waals surface area (Å²) >= 11 is 0. The zero-order chi connectivity index (χ0) is 20.7. The molecule has 0 aromatic heterocycles. The van der Waals surface area contributed by atoms with E-state index in [1.54, 1.807) is 20.8 Å². The number of carbonyl (C=O) groups is 1. The SMILES string of the molecule is Cc1c(CC(=O)N2CCC(CS(=O)(=O)C(C)(C)C)CC2)ccc2c1CCC2C. The smallest absolute Gasteiger partial charge is 0.226 e. The van der Waals surface area contributed by atoms with Gasteiger partial charge in [0.25, 0.3) is 0 Å². The van der Waals surface area contributed by atoms with Gasteiger partial charge in [-0.3, -0.25) is 4.79 Å². The molecule has 1 aromatic carbocycles. The molecule has 1 fully saturated rings. The number of likely N-dealkylation sites (tertiary alicyclic amines) is 1. The number of hydrogen-bond acceptors (Lipinski definition) is 3. The van der Waals surface area contributed by atoms with Crippen LogP contribution in [0.15, 0.2) is 12.1 Å². The molecule has 1 amide bonds. The van der Waals surface area contributed by atoms with Crippen molar-refractivity contribution in [2.75, 3.05) is 18.8 Å². The highest BCUT2D eigenvalue weighted by Crippen LogP contribution is 2.36. The molecule has 0 radical (unpaired) electrons. The van der Waals surface area contributed by atoms with Crippen molar-refractivity contribution in [2.24, 2.45) is 5.92 Å². The summed E-state index contributed by atoms with van der Waals surface area (Å²) in [7, 11) is -3.10. The molecule has 1 unspecified atom stereocenters. The number of hydrogen-bond donors (Lipinski definition) is 0. The third kappa shape index (κ3) is 4.29. The Morgan fingerprint density at radius 3 is 2.39 bits per heavy atom. The fourth-order valence-corrected chi connectivity index (χ4v) is 5.97. The highest BCUT2D eigenvalue weighted by molar-refractivity contribution is 7.92. The van der Waals surface area contributed by atoms with E-state index >= 15 is 0 Å². The van der Waals surface area contributed by atoms with Gasteiger partial charge in [0.05, 0.1) is 16.9 Å². The number of benzene rings is 1. The molecule has 0 N–H and O–H groups in total. The van der Waals surface area contributed by atoms with Gasteiger partial charge in [0.1, 0.15) is 0 Å². The minimum absolute atomic E-state index is 0.163. The lowest BCUT2D eigenvalue weighted by Gasteiger charge is -2.33. The van der Waals surface area contributed by atoms with Crippen molar-refractivity contribution in [2.45, 2.75) is 77.4 Å². The maximum absolute atomic E-state index is 12.8. The Morgan fingerprint density at radius 1 is 1.14 bits per heavy atom. The van der Waals surface area contributed by atoms with Crippen LogP contribution in [0.25, 0.3) is 0 Å². The van der Waals surface area contributed by atoms with Gasteiger partial charge in [-0.25, -0.2) is 8.42 Å². The zero-order valence-corrected chi connectivity index (χ0v) is 18.9. The van der Waals surface area contributed by atoms with Crippen LogP contribution < -0.4 is 0 Å². The first kappa shape index (κ1) is 21.4. The minimum Gasteiger partial charge on any atom is -0.342 e. The second-order valence-electron chi connectivity index (χ2n) is 9.75. The molecule has 0 bridgehead atoms. The number of sulfone groups is 1. The Bertz CT molecular complexity index is 843. The van der Waals surface area contributed by atoms with Crippen molar-refractivity contribution in [3.8, 4) is 0 Å². The molecule has 2 aliphatic rings. The third-order valence-corrected chi connectivity index (χ3v) is 9.58. The highest BCUT2D eigenvalue weighted by Gasteiger charge is 2.33. The zero-order valence-electron chi connectivity index (χ0n) is 18.0. The van der Waals surface area contributed by atoms with Crippen LogP contribution in [0.5, 0.6) is 0 Å². The molecule has 5 heteroatoms. The summed E-state index contributed by atoms with van der Waals surface area (Å²) in [6, 6.07) is 4.35. The summed E-state index contributed by atoms with van der Waals surface area (Å²) in [5.74, 6) is 1.20. The number of fused-ring (bicyclic) bond motifs is 1. The van der Waals surface area contributed by atoms with Crippen LogP contribution in [0.3, 0.4) is 0 Å². The summed E-state index contributed by atoms with van der Waals surface area (Å²) in [5.41, 5.74) is 5.34. The van der Waals surface area contributed by atoms with E-state index in [0.717, 1.165) is 24.8 Å². The Labute approximate surface area is 170 Å². The van der Waals surface area contributed by atoms with Gasteiger partial charge in [0.15, 0.2) is 9.84 Å². The number of piperidine rings is 1. The first-order valence-electron chi connectivity index (χ1n) is 10.6. The predicted molar refractivity (Wildman–Crippen MR) is 114 cm³/mol. The molecule has 4 nitrogen and oxygen atoms in total. The van der Waals surface area contributed by atoms with E-state index in [0.29, 0.717) is 25.4 Å². The van der Waals surface area contributed by atoms with Crippen LogP contribution in [0.4, 0.5) is 0 Å². The molecule has 156 valence electrons. The topological polar surface area (TPSA) is 54.5 Å². The second kappa shape index (κ2) is 7.81. The largest absolute Gasteiger partial charge is 0.342 e. The van der Waals surface area contributed by atoms with Crippen molar-refractivity contribution in [3.05, 3.63) is 34.4 Å². The third-order valence-electron chi connectivity index (χ3n) is 6.80. The molecule has 1 heterocycles. The van der Waals surface area contributed by atoms with E-state index in [1.165, 1.54) is 23.1 Å². The number of rotatable bonds is 4. The normalized spacial score (nSPS) is 21.0. The minimum atomic E-state index is -3.10. The Balaban J connectivity index is 1.58. The molecule has 28 heavy (non-hydrogen) atoms. The van der Waals surface area contributed by atoms with Crippen LogP contribution in [0, 0.1) is 12.8 Å². The van der Waals surface area contributed by atoms with Gasteiger partial charge in [-0.05, 0) is 87.5 Å².